The van der Waals surface area contributed by atoms with Crippen LogP contribution in [0, 0.1) is 24.7 Å². The Kier molecular flexibility index (Phi) is 55.9. The van der Waals surface area contributed by atoms with Crippen molar-refractivity contribution in [2.45, 2.75) is 363 Å². The second-order valence-electron chi connectivity index (χ2n) is 29.5. The van der Waals surface area contributed by atoms with Crippen molar-refractivity contribution in [1.29, 1.82) is 0 Å². The Morgan fingerprint density at radius 2 is 0.733 bits per heavy atom. The minimum absolute atomic E-state index is 0. The summed E-state index contributed by atoms with van der Waals surface area (Å²) in [6.45, 7) is 29.8. The largest absolute Gasteiger partial charge is 0.389 e. The van der Waals surface area contributed by atoms with E-state index in [9.17, 15) is 43.9 Å². The van der Waals surface area contributed by atoms with Crippen LogP contribution in [0.1, 0.15) is 359 Å². The first kappa shape index (κ1) is 99.9. The van der Waals surface area contributed by atoms with Crippen molar-refractivity contribution >= 4 is 62.7 Å². The zero-order valence-corrected chi connectivity index (χ0v) is 71.5. The van der Waals surface area contributed by atoms with Crippen LogP contribution in [0.5, 0.6) is 0 Å². The van der Waals surface area contributed by atoms with Gasteiger partial charge < -0.3 is 30.6 Å². The molecule has 0 heterocycles. The summed E-state index contributed by atoms with van der Waals surface area (Å²) in [5.74, 6) is 6.04. The summed E-state index contributed by atoms with van der Waals surface area (Å²) in [6.07, 6.45) is 30.6. The minimum Gasteiger partial charge on any atom is -0.389 e. The maximum atomic E-state index is 12.7. The summed E-state index contributed by atoms with van der Waals surface area (Å²) in [7, 11) is -3.31. The lowest BCUT2D eigenvalue weighted by Crippen LogP contribution is -2.31. The summed E-state index contributed by atoms with van der Waals surface area (Å²) in [6, 6.07) is 38.2. The predicted octanol–water partition coefficient (Wildman–Crippen LogP) is 26.5. The van der Waals surface area contributed by atoms with Gasteiger partial charge in [0.15, 0.2) is 15.6 Å². The fourth-order valence-electron chi connectivity index (χ4n) is 13.7. The summed E-state index contributed by atoms with van der Waals surface area (Å²) < 4.78 is 25.3. The number of thioether (sulfide) groups is 4. The molecule has 6 rings (SSSR count). The number of aliphatic hydroxyl groups excluding tert-OH is 4. The lowest BCUT2D eigenvalue weighted by Gasteiger charge is -2.27. The van der Waals surface area contributed by atoms with E-state index in [2.05, 4.69) is 144 Å². The molecular formula is C91H150O9S5. The van der Waals surface area contributed by atoms with Crippen LogP contribution < -0.4 is 0 Å². The van der Waals surface area contributed by atoms with Crippen molar-refractivity contribution in [1.82, 2.24) is 0 Å². The van der Waals surface area contributed by atoms with Crippen molar-refractivity contribution in [2.75, 3.05) is 28.8 Å². The zero-order valence-electron chi connectivity index (χ0n) is 67.4. The molecule has 1 aliphatic rings. The Balaban J connectivity index is 0.000000655. The van der Waals surface area contributed by atoms with E-state index < -0.39 is 21.0 Å². The fraction of sp³-hybridized carbons (Fsp3) is 0.659. The van der Waals surface area contributed by atoms with Crippen LogP contribution in [0.4, 0.5) is 0 Å². The van der Waals surface area contributed by atoms with Gasteiger partial charge in [-0.3, -0.25) is 4.79 Å². The Hall–Kier alpha value is -3.12. The molecule has 0 spiro atoms. The van der Waals surface area contributed by atoms with Crippen molar-refractivity contribution in [3.05, 3.63) is 149 Å². The molecule has 5 aromatic carbocycles. The average Bonchev–Trinajstić information content (AvgIpc) is 0.808. The molecule has 4 atom stereocenters. The molecule has 1 saturated carbocycles. The Bertz CT molecular complexity index is 2940. The quantitative estimate of drug-likeness (QED) is 0.0161. The smallest absolute Gasteiger partial charge is 0.178 e. The van der Waals surface area contributed by atoms with Gasteiger partial charge in [0.2, 0.25) is 0 Å². The maximum Gasteiger partial charge on any atom is 0.178 e. The second kappa shape index (κ2) is 58.8. The van der Waals surface area contributed by atoms with E-state index in [0.29, 0.717) is 16.9 Å². The number of carbonyl (C=O) groups excluding carboxylic acids is 1. The van der Waals surface area contributed by atoms with E-state index in [-0.39, 0.29) is 49.3 Å². The van der Waals surface area contributed by atoms with Crippen LogP contribution in [0.2, 0.25) is 0 Å². The van der Waals surface area contributed by atoms with Crippen molar-refractivity contribution in [3.63, 3.8) is 0 Å². The molecule has 0 saturated heterocycles. The number of benzene rings is 5. The van der Waals surface area contributed by atoms with Gasteiger partial charge in [0.1, 0.15) is 0 Å². The first-order chi connectivity index (χ1) is 49.9. The Morgan fingerprint density at radius 1 is 0.419 bits per heavy atom. The molecule has 9 nitrogen and oxygen atoms in total. The van der Waals surface area contributed by atoms with E-state index in [1.54, 1.807) is 41.7 Å². The first-order valence-corrected chi connectivity index (χ1v) is 46.5. The van der Waals surface area contributed by atoms with E-state index in [0.717, 1.165) is 196 Å². The molecule has 4 unspecified atom stereocenters. The van der Waals surface area contributed by atoms with E-state index >= 15 is 0 Å². The number of sulfone groups is 1. The van der Waals surface area contributed by atoms with Gasteiger partial charge in [0, 0.05) is 54.6 Å². The number of Topliss-reactive ketones (excluding diaryl/α,β-unsaturated/α-hetero) is 1. The van der Waals surface area contributed by atoms with Gasteiger partial charge in [0.25, 0.3) is 0 Å². The molecule has 14 heteroatoms. The highest BCUT2D eigenvalue weighted by molar-refractivity contribution is 8.00. The van der Waals surface area contributed by atoms with Gasteiger partial charge in [-0.2, -0.15) is 0 Å². The molecule has 0 amide bonds. The Labute approximate surface area is 660 Å². The van der Waals surface area contributed by atoms with E-state index in [1.807, 2.05) is 73.8 Å². The van der Waals surface area contributed by atoms with E-state index in [4.69, 9.17) is 0 Å². The predicted molar refractivity (Wildman–Crippen MR) is 460 cm³/mol. The van der Waals surface area contributed by atoms with Crippen LogP contribution in [-0.4, -0.2) is 84.8 Å². The van der Waals surface area contributed by atoms with Gasteiger partial charge >= 0.3 is 0 Å². The van der Waals surface area contributed by atoms with Gasteiger partial charge in [-0.05, 0) is 216 Å². The molecule has 1 aliphatic carbocycles. The lowest BCUT2D eigenvalue weighted by atomic mass is 9.91. The van der Waals surface area contributed by atoms with Gasteiger partial charge in [0.05, 0.1) is 46.3 Å². The molecule has 0 bridgehead atoms. The third-order valence-electron chi connectivity index (χ3n) is 19.2. The van der Waals surface area contributed by atoms with Gasteiger partial charge in [-0.25, -0.2) is 8.42 Å². The fourth-order valence-corrected chi connectivity index (χ4v) is 20.1. The summed E-state index contributed by atoms with van der Waals surface area (Å²) in [4.78, 5) is 17.3. The highest BCUT2D eigenvalue weighted by Gasteiger charge is 2.28. The number of carbonyl (C=O) groups is 1. The topological polar surface area (TPSA) is 173 Å². The normalized spacial score (nSPS) is 13.7. The monoisotopic (exact) mass is 1550 g/mol. The van der Waals surface area contributed by atoms with Crippen molar-refractivity contribution in [3.8, 4) is 0 Å². The molecule has 598 valence electrons. The summed E-state index contributed by atoms with van der Waals surface area (Å²) in [5.41, 5.74) is 4.35. The zero-order chi connectivity index (χ0) is 77.2. The second-order valence-corrected chi connectivity index (χ2v) is 35.9. The highest BCUT2D eigenvalue weighted by Crippen LogP contribution is 2.36. The SMILES string of the molecule is C.CCCC(=O)c1cc(C)cc(S(=O)(=O)CC2CCCCC2)c1.CCCC(CCC)CSc1cccc(C(O)CCC)c1.CCCC(CCC)CSc1cccc(C(O)CCC)c1.CCCC(O)c1cccc(SCC(O)(CCC)CCC)c1.CCCC(O)c1cccc(SCC(O)(CCC)CCC)c1. The van der Waals surface area contributed by atoms with Crippen LogP contribution in [0.25, 0.3) is 0 Å². The standard InChI is InChI=1S/C18H26O3S.2C18H30O2S.2C18H30OS.CH4/c1-3-7-18(19)16-10-14(2)11-17(12-16)22(20,21)13-15-8-5-4-6-9-15;2*1-4-8-17(19)15-9-7-10-16(13-15)21-14-18(20,11-5-2)12-6-3;2*1-4-8-15(9-5-2)14-20-17-12-7-11-16(13-17)18(19)10-6-3;/h10-12,15H,3-9,13H2,1-2H3;2*7,9-10,13,17,19-20H,4-6,8,11-12,14H2,1-3H3;2*7,11-13,15,18-19H,4-6,8-10,14H2,1-3H3;1H4. The third kappa shape index (κ3) is 42.2. The number of rotatable bonds is 46. The molecular weight excluding hydrogens is 1400 g/mol. The van der Waals surface area contributed by atoms with Crippen LogP contribution >= 0.6 is 47.0 Å². The molecule has 105 heavy (non-hydrogen) atoms. The Morgan fingerprint density at radius 3 is 1.03 bits per heavy atom. The van der Waals surface area contributed by atoms with Crippen molar-refractivity contribution < 1.29 is 43.9 Å². The average molecular weight is 1550 g/mol. The molecule has 5 aromatic rings. The summed E-state index contributed by atoms with van der Waals surface area (Å²) >= 11 is 7.29. The summed E-state index contributed by atoms with van der Waals surface area (Å²) in [5, 5.41) is 61.7. The van der Waals surface area contributed by atoms with Crippen LogP contribution in [-0.2, 0) is 9.84 Å². The number of aryl methyl sites for hydroxylation is 1. The number of ketones is 1. The lowest BCUT2D eigenvalue weighted by molar-refractivity contribution is 0.0450. The molecule has 1 fully saturated rings. The third-order valence-corrected chi connectivity index (χ3v) is 26.1. The molecule has 0 aromatic heterocycles. The van der Waals surface area contributed by atoms with Crippen LogP contribution in [0.15, 0.2) is 140 Å². The number of hydrogen-bond donors (Lipinski definition) is 6. The number of aliphatic hydroxyl groups is 6. The van der Waals surface area contributed by atoms with Crippen molar-refractivity contribution in [2.24, 2.45) is 17.8 Å². The minimum atomic E-state index is -3.31. The molecule has 0 radical (unpaired) electrons. The van der Waals surface area contributed by atoms with Gasteiger partial charge in [-0.1, -0.05) is 242 Å². The molecule has 6 N–H and O–H groups in total. The highest BCUT2D eigenvalue weighted by atomic mass is 32.2. The molecule has 0 aliphatic heterocycles. The van der Waals surface area contributed by atoms with Crippen LogP contribution in [0.3, 0.4) is 0 Å². The first-order valence-electron chi connectivity index (χ1n) is 40.9. The van der Waals surface area contributed by atoms with Gasteiger partial charge in [-0.15, -0.1) is 47.0 Å². The maximum absolute atomic E-state index is 12.7. The number of hydrogen-bond acceptors (Lipinski definition) is 13. The van der Waals surface area contributed by atoms with E-state index in [1.165, 1.54) is 79.1 Å².